The molecule has 0 bridgehead atoms. The van der Waals surface area contributed by atoms with Crippen LogP contribution in [0.5, 0.6) is 5.75 Å². The van der Waals surface area contributed by atoms with Gasteiger partial charge in [-0.1, -0.05) is 25.0 Å². The molecule has 0 aliphatic carbocycles. The topological polar surface area (TPSA) is 53.5 Å². The molecule has 2 aliphatic rings. The van der Waals surface area contributed by atoms with Gasteiger partial charge in [-0.3, -0.25) is 4.90 Å². The molecular formula is C21H29N5O. The van der Waals surface area contributed by atoms with Gasteiger partial charge in [-0.25, -0.2) is 4.98 Å². The van der Waals surface area contributed by atoms with Crippen molar-refractivity contribution in [2.24, 2.45) is 0 Å². The second-order valence-electron chi connectivity index (χ2n) is 7.53. The van der Waals surface area contributed by atoms with E-state index in [2.05, 4.69) is 32.2 Å². The summed E-state index contributed by atoms with van der Waals surface area (Å²) in [5, 5.41) is 3.50. The maximum absolute atomic E-state index is 5.31. The van der Waals surface area contributed by atoms with Crippen LogP contribution in [-0.2, 0) is 6.54 Å². The molecule has 0 spiro atoms. The number of hydrogen-bond acceptors (Lipinski definition) is 6. The van der Waals surface area contributed by atoms with Crippen molar-refractivity contribution in [2.75, 3.05) is 43.5 Å². The summed E-state index contributed by atoms with van der Waals surface area (Å²) in [5.74, 6) is 2.73. The van der Waals surface area contributed by atoms with E-state index >= 15 is 0 Å². The number of nitrogens with one attached hydrogen (secondary N) is 1. The highest BCUT2D eigenvalue weighted by molar-refractivity contribution is 5.43. The first kappa shape index (κ1) is 18.0. The van der Waals surface area contributed by atoms with Crippen LogP contribution in [0, 0.1) is 0 Å². The van der Waals surface area contributed by atoms with E-state index in [1.807, 2.05) is 24.4 Å². The lowest BCUT2D eigenvalue weighted by Crippen LogP contribution is -2.54. The van der Waals surface area contributed by atoms with Crippen molar-refractivity contribution >= 4 is 11.8 Å². The molecule has 6 nitrogen and oxygen atoms in total. The number of likely N-dealkylation sites (tertiary alicyclic amines) is 1. The number of methoxy groups -OCH3 is 1. The van der Waals surface area contributed by atoms with Gasteiger partial charge >= 0.3 is 0 Å². The highest BCUT2D eigenvalue weighted by Crippen LogP contribution is 2.21. The minimum atomic E-state index is 0.412. The number of rotatable bonds is 6. The van der Waals surface area contributed by atoms with Gasteiger partial charge in [0, 0.05) is 38.9 Å². The summed E-state index contributed by atoms with van der Waals surface area (Å²) in [6, 6.07) is 10.7. The van der Waals surface area contributed by atoms with Crippen LogP contribution in [0.4, 0.5) is 11.8 Å². The number of aromatic nitrogens is 2. The standard InChI is InChI=1S/C21H29N5O/c1-27-19-8-6-7-17(13-19)14-25-15-18(16-25)23-21-22-10-9-20(24-21)26-11-4-2-3-5-12-26/h6-10,13,18H,2-5,11-12,14-16H2,1H3,(H,22,23,24). The molecule has 2 saturated heterocycles. The Hall–Kier alpha value is -2.34. The summed E-state index contributed by atoms with van der Waals surface area (Å²) in [5.41, 5.74) is 1.28. The first-order chi connectivity index (χ1) is 13.3. The second kappa shape index (κ2) is 8.57. The van der Waals surface area contributed by atoms with Crippen molar-refractivity contribution in [1.82, 2.24) is 14.9 Å². The van der Waals surface area contributed by atoms with E-state index in [9.17, 15) is 0 Å². The molecule has 3 heterocycles. The van der Waals surface area contributed by atoms with Crippen LogP contribution in [0.3, 0.4) is 0 Å². The van der Waals surface area contributed by atoms with Crippen LogP contribution in [0.1, 0.15) is 31.2 Å². The van der Waals surface area contributed by atoms with E-state index in [4.69, 9.17) is 9.72 Å². The lowest BCUT2D eigenvalue weighted by molar-refractivity contribution is 0.152. The van der Waals surface area contributed by atoms with E-state index in [0.29, 0.717) is 6.04 Å². The third-order valence-electron chi connectivity index (χ3n) is 5.40. The monoisotopic (exact) mass is 367 g/mol. The summed E-state index contributed by atoms with van der Waals surface area (Å²) in [6.07, 6.45) is 7.06. The zero-order valence-electron chi connectivity index (χ0n) is 16.1. The van der Waals surface area contributed by atoms with Crippen molar-refractivity contribution in [3.63, 3.8) is 0 Å². The van der Waals surface area contributed by atoms with Gasteiger partial charge in [0.1, 0.15) is 11.6 Å². The molecule has 0 atom stereocenters. The Labute approximate surface area is 161 Å². The Morgan fingerprint density at radius 3 is 2.70 bits per heavy atom. The van der Waals surface area contributed by atoms with Crippen LogP contribution in [0.2, 0.25) is 0 Å². The van der Waals surface area contributed by atoms with E-state index in [1.54, 1.807) is 7.11 Å². The molecule has 2 aromatic rings. The molecule has 2 fully saturated rings. The van der Waals surface area contributed by atoms with Gasteiger partial charge < -0.3 is 15.0 Å². The molecule has 1 aromatic carbocycles. The van der Waals surface area contributed by atoms with Crippen LogP contribution in [0.15, 0.2) is 36.5 Å². The first-order valence-corrected chi connectivity index (χ1v) is 10.00. The molecule has 144 valence electrons. The van der Waals surface area contributed by atoms with Crippen molar-refractivity contribution in [3.05, 3.63) is 42.1 Å². The van der Waals surface area contributed by atoms with Crippen molar-refractivity contribution < 1.29 is 4.74 Å². The van der Waals surface area contributed by atoms with Gasteiger partial charge in [-0.2, -0.15) is 4.98 Å². The zero-order valence-corrected chi connectivity index (χ0v) is 16.1. The molecule has 1 N–H and O–H groups in total. The van der Waals surface area contributed by atoms with Crippen LogP contribution >= 0.6 is 0 Å². The van der Waals surface area contributed by atoms with Gasteiger partial charge in [-0.15, -0.1) is 0 Å². The fraction of sp³-hybridized carbons (Fsp3) is 0.524. The maximum Gasteiger partial charge on any atom is 0.224 e. The molecule has 4 rings (SSSR count). The SMILES string of the molecule is COc1cccc(CN2CC(Nc3nccc(N4CCCCCC4)n3)C2)c1. The van der Waals surface area contributed by atoms with E-state index in [-0.39, 0.29) is 0 Å². The summed E-state index contributed by atoms with van der Waals surface area (Å²) in [7, 11) is 1.71. The smallest absolute Gasteiger partial charge is 0.224 e. The van der Waals surface area contributed by atoms with Gasteiger partial charge in [0.05, 0.1) is 13.2 Å². The fourth-order valence-electron chi connectivity index (χ4n) is 3.90. The fourth-order valence-corrected chi connectivity index (χ4v) is 3.90. The molecule has 6 heteroatoms. The predicted octanol–water partition coefficient (Wildman–Crippen LogP) is 3.16. The van der Waals surface area contributed by atoms with E-state index in [1.165, 1.54) is 31.2 Å². The third kappa shape index (κ3) is 4.69. The Morgan fingerprint density at radius 1 is 1.11 bits per heavy atom. The maximum atomic E-state index is 5.31. The average molecular weight is 367 g/mol. The number of ether oxygens (including phenoxy) is 1. The first-order valence-electron chi connectivity index (χ1n) is 10.00. The highest BCUT2D eigenvalue weighted by Gasteiger charge is 2.27. The third-order valence-corrected chi connectivity index (χ3v) is 5.40. The Bertz CT molecular complexity index is 739. The summed E-state index contributed by atoms with van der Waals surface area (Å²) >= 11 is 0. The van der Waals surface area contributed by atoms with E-state index in [0.717, 1.165) is 50.2 Å². The number of anilines is 2. The van der Waals surface area contributed by atoms with Crippen molar-refractivity contribution in [1.29, 1.82) is 0 Å². The van der Waals surface area contributed by atoms with Gasteiger partial charge in [0.25, 0.3) is 0 Å². The zero-order chi connectivity index (χ0) is 18.5. The number of benzene rings is 1. The molecule has 2 aliphatic heterocycles. The Morgan fingerprint density at radius 2 is 1.93 bits per heavy atom. The normalized spacial score (nSPS) is 18.6. The summed E-state index contributed by atoms with van der Waals surface area (Å²) in [6.45, 7) is 5.18. The Balaban J connectivity index is 1.29. The molecule has 0 amide bonds. The van der Waals surface area contributed by atoms with Gasteiger partial charge in [0.15, 0.2) is 0 Å². The minimum Gasteiger partial charge on any atom is -0.497 e. The average Bonchev–Trinajstić information content (AvgIpc) is 2.96. The lowest BCUT2D eigenvalue weighted by Gasteiger charge is -2.39. The molecule has 27 heavy (non-hydrogen) atoms. The van der Waals surface area contributed by atoms with Crippen LogP contribution in [0.25, 0.3) is 0 Å². The minimum absolute atomic E-state index is 0.412. The quantitative estimate of drug-likeness (QED) is 0.846. The Kier molecular flexibility index (Phi) is 5.72. The molecule has 0 saturated carbocycles. The van der Waals surface area contributed by atoms with Crippen LogP contribution in [-0.4, -0.2) is 54.2 Å². The van der Waals surface area contributed by atoms with Crippen molar-refractivity contribution in [2.45, 2.75) is 38.3 Å². The van der Waals surface area contributed by atoms with Gasteiger partial charge in [0.2, 0.25) is 5.95 Å². The van der Waals surface area contributed by atoms with E-state index < -0.39 is 0 Å². The predicted molar refractivity (Wildman–Crippen MR) is 108 cm³/mol. The molecular weight excluding hydrogens is 338 g/mol. The largest absolute Gasteiger partial charge is 0.497 e. The summed E-state index contributed by atoms with van der Waals surface area (Å²) in [4.78, 5) is 14.0. The molecule has 0 unspecified atom stereocenters. The molecule has 0 radical (unpaired) electrons. The highest BCUT2D eigenvalue weighted by atomic mass is 16.5. The van der Waals surface area contributed by atoms with Crippen LogP contribution < -0.4 is 15.0 Å². The number of hydrogen-bond donors (Lipinski definition) is 1. The molecule has 1 aromatic heterocycles. The summed E-state index contributed by atoms with van der Waals surface area (Å²) < 4.78 is 5.31. The lowest BCUT2D eigenvalue weighted by atomic mass is 10.1. The van der Waals surface area contributed by atoms with Crippen molar-refractivity contribution in [3.8, 4) is 5.75 Å². The van der Waals surface area contributed by atoms with Gasteiger partial charge in [-0.05, 0) is 36.6 Å². The number of nitrogens with zero attached hydrogens (tertiary/aromatic N) is 4. The second-order valence-corrected chi connectivity index (χ2v) is 7.53.